The molecule has 0 bridgehead atoms. The average molecular weight is 339 g/mol. The highest BCUT2D eigenvalue weighted by atomic mass is 35.5. The first kappa shape index (κ1) is 16.5. The standard InChI is InChI=1S/C15H16Cl2N4O/c1-2-3-6-18-15(22)13-4-5-14(21-20-13)19-12-8-10(16)7-11(17)9-12/h4-5,7-9H,2-3,6H2,1H3,(H,18,22)(H,19,21). The number of benzene rings is 1. The monoisotopic (exact) mass is 338 g/mol. The Morgan fingerprint density at radius 1 is 1.14 bits per heavy atom. The summed E-state index contributed by atoms with van der Waals surface area (Å²) in [6, 6.07) is 8.38. The van der Waals surface area contributed by atoms with E-state index in [9.17, 15) is 4.79 Å². The molecule has 1 aromatic heterocycles. The van der Waals surface area contributed by atoms with Crippen LogP contribution in [0.5, 0.6) is 0 Å². The molecule has 0 spiro atoms. The first-order chi connectivity index (χ1) is 10.6. The summed E-state index contributed by atoms with van der Waals surface area (Å²) in [7, 11) is 0. The summed E-state index contributed by atoms with van der Waals surface area (Å²) in [6.45, 7) is 2.70. The summed E-state index contributed by atoms with van der Waals surface area (Å²) in [4.78, 5) is 11.8. The van der Waals surface area contributed by atoms with Crippen molar-refractivity contribution in [1.82, 2.24) is 15.5 Å². The van der Waals surface area contributed by atoms with E-state index in [2.05, 4.69) is 27.8 Å². The number of halogens is 2. The van der Waals surface area contributed by atoms with Crippen LogP contribution in [0.25, 0.3) is 0 Å². The van der Waals surface area contributed by atoms with Crippen LogP contribution in [0.4, 0.5) is 11.5 Å². The summed E-state index contributed by atoms with van der Waals surface area (Å²) >= 11 is 11.9. The van der Waals surface area contributed by atoms with Crippen molar-refractivity contribution in [2.45, 2.75) is 19.8 Å². The van der Waals surface area contributed by atoms with Crippen molar-refractivity contribution in [2.75, 3.05) is 11.9 Å². The van der Waals surface area contributed by atoms with Gasteiger partial charge in [0.25, 0.3) is 5.91 Å². The van der Waals surface area contributed by atoms with Crippen LogP contribution in [0.3, 0.4) is 0 Å². The van der Waals surface area contributed by atoms with Gasteiger partial charge in [-0.25, -0.2) is 0 Å². The predicted molar refractivity (Wildman–Crippen MR) is 89.0 cm³/mol. The number of carbonyl (C=O) groups excluding carboxylic acids is 1. The maximum absolute atomic E-state index is 11.8. The fourth-order valence-electron chi connectivity index (χ4n) is 1.76. The predicted octanol–water partition coefficient (Wildman–Crippen LogP) is 4.06. The van der Waals surface area contributed by atoms with E-state index in [0.717, 1.165) is 12.8 Å². The van der Waals surface area contributed by atoms with Crippen LogP contribution >= 0.6 is 23.2 Å². The van der Waals surface area contributed by atoms with Crippen molar-refractivity contribution in [2.24, 2.45) is 0 Å². The van der Waals surface area contributed by atoms with Gasteiger partial charge in [0.15, 0.2) is 11.5 Å². The molecular weight excluding hydrogens is 323 g/mol. The quantitative estimate of drug-likeness (QED) is 0.779. The van der Waals surface area contributed by atoms with Crippen molar-refractivity contribution in [3.05, 3.63) is 46.1 Å². The SMILES string of the molecule is CCCCNC(=O)c1ccc(Nc2cc(Cl)cc(Cl)c2)nn1. The van der Waals surface area contributed by atoms with E-state index in [-0.39, 0.29) is 11.6 Å². The Labute approximate surface area is 139 Å². The van der Waals surface area contributed by atoms with E-state index < -0.39 is 0 Å². The minimum atomic E-state index is -0.224. The van der Waals surface area contributed by atoms with Crippen LogP contribution < -0.4 is 10.6 Å². The summed E-state index contributed by atoms with van der Waals surface area (Å²) in [5.41, 5.74) is 0.984. The Bertz CT molecular complexity index is 626. The van der Waals surface area contributed by atoms with E-state index in [1.165, 1.54) is 0 Å². The van der Waals surface area contributed by atoms with E-state index in [4.69, 9.17) is 23.2 Å². The zero-order valence-electron chi connectivity index (χ0n) is 12.1. The van der Waals surface area contributed by atoms with Gasteiger partial charge in [-0.15, -0.1) is 10.2 Å². The van der Waals surface area contributed by atoms with Gasteiger partial charge in [0.2, 0.25) is 0 Å². The van der Waals surface area contributed by atoms with Crippen molar-refractivity contribution in [3.8, 4) is 0 Å². The smallest absolute Gasteiger partial charge is 0.271 e. The molecule has 0 fully saturated rings. The van der Waals surface area contributed by atoms with Crippen molar-refractivity contribution in [1.29, 1.82) is 0 Å². The van der Waals surface area contributed by atoms with Crippen LogP contribution in [-0.2, 0) is 0 Å². The molecule has 0 aliphatic heterocycles. The molecule has 22 heavy (non-hydrogen) atoms. The molecule has 7 heteroatoms. The topological polar surface area (TPSA) is 66.9 Å². The van der Waals surface area contributed by atoms with Gasteiger partial charge in [-0.1, -0.05) is 36.5 Å². The minimum absolute atomic E-state index is 0.224. The Morgan fingerprint density at radius 3 is 2.45 bits per heavy atom. The van der Waals surface area contributed by atoms with Gasteiger partial charge < -0.3 is 10.6 Å². The van der Waals surface area contributed by atoms with Gasteiger partial charge in [-0.2, -0.15) is 0 Å². The lowest BCUT2D eigenvalue weighted by molar-refractivity contribution is 0.0947. The van der Waals surface area contributed by atoms with Gasteiger partial charge in [0, 0.05) is 22.3 Å². The van der Waals surface area contributed by atoms with E-state index in [1.807, 2.05) is 0 Å². The molecule has 0 saturated carbocycles. The van der Waals surface area contributed by atoms with Gasteiger partial charge in [-0.05, 0) is 36.8 Å². The number of rotatable bonds is 6. The van der Waals surface area contributed by atoms with Gasteiger partial charge in [-0.3, -0.25) is 4.79 Å². The van der Waals surface area contributed by atoms with E-state index in [1.54, 1.807) is 30.3 Å². The third-order valence-corrected chi connectivity index (χ3v) is 3.28. The fourth-order valence-corrected chi connectivity index (χ4v) is 2.29. The molecule has 2 aromatic rings. The first-order valence-corrected chi connectivity index (χ1v) is 7.69. The molecule has 0 aliphatic rings. The van der Waals surface area contributed by atoms with Gasteiger partial charge in [0.05, 0.1) is 0 Å². The number of unbranched alkanes of at least 4 members (excludes halogenated alkanes) is 1. The van der Waals surface area contributed by atoms with Crippen molar-refractivity contribution < 1.29 is 4.79 Å². The third-order valence-electron chi connectivity index (χ3n) is 2.85. The average Bonchev–Trinajstić information content (AvgIpc) is 2.47. The summed E-state index contributed by atoms with van der Waals surface area (Å²) in [5.74, 6) is 0.279. The fraction of sp³-hybridized carbons (Fsp3) is 0.267. The number of carbonyl (C=O) groups is 1. The lowest BCUT2D eigenvalue weighted by atomic mass is 10.3. The number of anilines is 2. The molecule has 2 N–H and O–H groups in total. The van der Waals surface area contributed by atoms with Crippen LogP contribution in [0.15, 0.2) is 30.3 Å². The number of amides is 1. The Kier molecular flexibility index (Phi) is 5.98. The third kappa shape index (κ3) is 4.86. The van der Waals surface area contributed by atoms with Crippen LogP contribution in [0, 0.1) is 0 Å². The lowest BCUT2D eigenvalue weighted by Crippen LogP contribution is -2.25. The molecule has 0 aliphatic carbocycles. The summed E-state index contributed by atoms with van der Waals surface area (Å²) in [5, 5.41) is 14.7. The number of nitrogens with one attached hydrogen (secondary N) is 2. The number of hydrogen-bond acceptors (Lipinski definition) is 4. The number of aromatic nitrogens is 2. The molecule has 1 amide bonds. The molecule has 1 heterocycles. The number of nitrogens with zero attached hydrogens (tertiary/aromatic N) is 2. The van der Waals surface area contributed by atoms with E-state index in [0.29, 0.717) is 28.1 Å². The van der Waals surface area contributed by atoms with Crippen molar-refractivity contribution in [3.63, 3.8) is 0 Å². The maximum atomic E-state index is 11.8. The zero-order valence-corrected chi connectivity index (χ0v) is 13.6. The molecule has 116 valence electrons. The summed E-state index contributed by atoms with van der Waals surface area (Å²) < 4.78 is 0. The molecular formula is C15H16Cl2N4O. The van der Waals surface area contributed by atoms with Crippen LogP contribution in [0.2, 0.25) is 10.0 Å². The molecule has 2 rings (SSSR count). The Morgan fingerprint density at radius 2 is 1.86 bits per heavy atom. The molecule has 1 aromatic carbocycles. The Balaban J connectivity index is 2.01. The maximum Gasteiger partial charge on any atom is 0.271 e. The largest absolute Gasteiger partial charge is 0.351 e. The minimum Gasteiger partial charge on any atom is -0.351 e. The highest BCUT2D eigenvalue weighted by Crippen LogP contribution is 2.24. The Hall–Kier alpha value is -1.85. The zero-order chi connectivity index (χ0) is 15.9. The molecule has 0 atom stereocenters. The van der Waals surface area contributed by atoms with Gasteiger partial charge >= 0.3 is 0 Å². The highest BCUT2D eigenvalue weighted by molar-refractivity contribution is 6.35. The normalized spacial score (nSPS) is 10.3. The lowest BCUT2D eigenvalue weighted by Gasteiger charge is -2.07. The molecule has 0 saturated heterocycles. The second kappa shape index (κ2) is 7.96. The number of hydrogen-bond donors (Lipinski definition) is 2. The van der Waals surface area contributed by atoms with Crippen LogP contribution in [-0.4, -0.2) is 22.6 Å². The highest BCUT2D eigenvalue weighted by Gasteiger charge is 2.07. The van der Waals surface area contributed by atoms with Crippen LogP contribution in [0.1, 0.15) is 30.3 Å². The van der Waals surface area contributed by atoms with Gasteiger partial charge in [0.1, 0.15) is 0 Å². The summed E-state index contributed by atoms with van der Waals surface area (Å²) in [6.07, 6.45) is 1.96. The second-order valence-electron chi connectivity index (χ2n) is 4.70. The first-order valence-electron chi connectivity index (χ1n) is 6.93. The van der Waals surface area contributed by atoms with Crippen molar-refractivity contribution >= 4 is 40.6 Å². The second-order valence-corrected chi connectivity index (χ2v) is 5.57. The van der Waals surface area contributed by atoms with E-state index >= 15 is 0 Å². The molecule has 5 nitrogen and oxygen atoms in total. The molecule has 0 radical (unpaired) electrons. The molecule has 0 unspecified atom stereocenters.